The lowest BCUT2D eigenvalue weighted by Gasteiger charge is -2.27. The van der Waals surface area contributed by atoms with Gasteiger partial charge in [0.15, 0.2) is 0 Å². The Hall–Kier alpha value is -2.68. The van der Waals surface area contributed by atoms with Crippen LogP contribution in [0.4, 0.5) is 5.82 Å². The van der Waals surface area contributed by atoms with Crippen molar-refractivity contribution < 1.29 is 0 Å². The molecule has 0 radical (unpaired) electrons. The molecule has 3 rings (SSSR count). The fourth-order valence-electron chi connectivity index (χ4n) is 3.20. The van der Waals surface area contributed by atoms with Gasteiger partial charge in [-0.1, -0.05) is 20.8 Å². The van der Waals surface area contributed by atoms with E-state index in [9.17, 15) is 10.1 Å². The van der Waals surface area contributed by atoms with E-state index in [4.69, 9.17) is 0 Å². The second kappa shape index (κ2) is 6.67. The quantitative estimate of drug-likeness (QED) is 0.860. The summed E-state index contributed by atoms with van der Waals surface area (Å²) < 4.78 is 1.55. The summed E-state index contributed by atoms with van der Waals surface area (Å²) in [5.41, 5.74) is 1.26. The van der Waals surface area contributed by atoms with Crippen LogP contribution in [0.15, 0.2) is 35.3 Å². The summed E-state index contributed by atoms with van der Waals surface area (Å²) in [5, 5.41) is 13.9. The topological polar surface area (TPSA) is 74.8 Å². The van der Waals surface area contributed by atoms with Gasteiger partial charge in [0.25, 0.3) is 5.56 Å². The van der Waals surface area contributed by atoms with Gasteiger partial charge in [-0.3, -0.25) is 4.79 Å². The van der Waals surface area contributed by atoms with Crippen molar-refractivity contribution in [3.05, 3.63) is 52.1 Å². The van der Waals surface area contributed by atoms with Crippen LogP contribution in [0.3, 0.4) is 0 Å². The van der Waals surface area contributed by atoms with Gasteiger partial charge in [0.2, 0.25) is 0 Å². The monoisotopic (exact) mass is 337 g/mol. The van der Waals surface area contributed by atoms with Crippen molar-refractivity contribution in [2.75, 3.05) is 11.4 Å². The predicted molar refractivity (Wildman–Crippen MR) is 96.5 cm³/mol. The van der Waals surface area contributed by atoms with E-state index in [0.717, 1.165) is 25.1 Å². The molecule has 1 aliphatic rings. The van der Waals surface area contributed by atoms with Gasteiger partial charge in [0.1, 0.15) is 11.9 Å². The summed E-state index contributed by atoms with van der Waals surface area (Å²) in [7, 11) is 0. The normalized spacial score (nSPS) is 17.5. The number of hydrogen-bond acceptors (Lipinski definition) is 5. The molecule has 0 aliphatic carbocycles. The molecule has 1 atom stereocenters. The summed E-state index contributed by atoms with van der Waals surface area (Å²) in [5.74, 6) is 0.701. The minimum absolute atomic E-state index is 0.0959. The van der Waals surface area contributed by atoms with Crippen molar-refractivity contribution in [1.82, 2.24) is 14.8 Å². The summed E-state index contributed by atoms with van der Waals surface area (Å²) in [6, 6.07) is 9.27. The second-order valence-electron chi connectivity index (χ2n) is 7.46. The molecule has 0 N–H and O–H groups in total. The minimum atomic E-state index is -0.111. The van der Waals surface area contributed by atoms with Crippen molar-refractivity contribution in [2.45, 2.75) is 51.6 Å². The van der Waals surface area contributed by atoms with Crippen LogP contribution in [-0.2, 0) is 12.0 Å². The van der Waals surface area contributed by atoms with Crippen molar-refractivity contribution in [2.24, 2.45) is 0 Å². The summed E-state index contributed by atoms with van der Waals surface area (Å²) in [6.45, 7) is 7.59. The van der Waals surface area contributed by atoms with Crippen molar-refractivity contribution in [3.63, 3.8) is 0 Å². The lowest BCUT2D eigenvalue weighted by atomic mass is 9.92. The molecule has 2 aromatic rings. The first-order valence-electron chi connectivity index (χ1n) is 8.60. The first-order valence-corrected chi connectivity index (χ1v) is 8.60. The van der Waals surface area contributed by atoms with E-state index in [2.05, 4.69) is 41.8 Å². The standard InChI is InChI=1S/C19H23N5O/c1-19(2,3)16-8-9-17(25)24(22-16)13-15-7-5-11-23(15)18-14(12-20)6-4-10-21-18/h4,6,8-10,15H,5,7,11,13H2,1-3H3. The predicted octanol–water partition coefficient (Wildman–Crippen LogP) is 2.48. The summed E-state index contributed by atoms with van der Waals surface area (Å²) in [6.07, 6.45) is 3.67. The summed E-state index contributed by atoms with van der Waals surface area (Å²) >= 11 is 0. The van der Waals surface area contributed by atoms with Crippen LogP contribution in [0.5, 0.6) is 0 Å². The molecule has 1 saturated heterocycles. The number of nitriles is 1. The number of hydrogen-bond donors (Lipinski definition) is 0. The molecule has 0 saturated carbocycles. The highest BCUT2D eigenvalue weighted by Gasteiger charge is 2.28. The third kappa shape index (κ3) is 3.55. The maximum Gasteiger partial charge on any atom is 0.266 e. The molecule has 25 heavy (non-hydrogen) atoms. The zero-order chi connectivity index (χ0) is 18.0. The zero-order valence-corrected chi connectivity index (χ0v) is 14.9. The molecule has 0 spiro atoms. The zero-order valence-electron chi connectivity index (χ0n) is 14.9. The molecule has 0 amide bonds. The SMILES string of the molecule is CC(C)(C)c1ccc(=O)n(CC2CCCN2c2ncccc2C#N)n1. The summed E-state index contributed by atoms with van der Waals surface area (Å²) in [4.78, 5) is 18.8. The molecular formula is C19H23N5O. The van der Waals surface area contributed by atoms with Crippen LogP contribution >= 0.6 is 0 Å². The van der Waals surface area contributed by atoms with Crippen molar-refractivity contribution >= 4 is 5.82 Å². The molecule has 3 heterocycles. The van der Waals surface area contributed by atoms with E-state index >= 15 is 0 Å². The van der Waals surface area contributed by atoms with E-state index in [0.29, 0.717) is 17.9 Å². The van der Waals surface area contributed by atoms with Gasteiger partial charge < -0.3 is 4.90 Å². The van der Waals surface area contributed by atoms with Crippen LogP contribution in [-0.4, -0.2) is 27.4 Å². The van der Waals surface area contributed by atoms with Crippen LogP contribution in [0.2, 0.25) is 0 Å². The van der Waals surface area contributed by atoms with E-state index in [-0.39, 0.29) is 17.0 Å². The molecule has 6 heteroatoms. The van der Waals surface area contributed by atoms with E-state index in [1.54, 1.807) is 35.1 Å². The van der Waals surface area contributed by atoms with Gasteiger partial charge in [-0.2, -0.15) is 10.4 Å². The highest BCUT2D eigenvalue weighted by atomic mass is 16.1. The Kier molecular flexibility index (Phi) is 4.58. The lowest BCUT2D eigenvalue weighted by Crippen LogP contribution is -2.38. The Morgan fingerprint density at radius 1 is 1.32 bits per heavy atom. The molecule has 0 bridgehead atoms. The first kappa shape index (κ1) is 17.2. The number of aromatic nitrogens is 3. The van der Waals surface area contributed by atoms with E-state index < -0.39 is 0 Å². The Morgan fingerprint density at radius 3 is 2.84 bits per heavy atom. The third-order valence-corrected chi connectivity index (χ3v) is 4.58. The maximum absolute atomic E-state index is 12.3. The fourth-order valence-corrected chi connectivity index (χ4v) is 3.20. The molecule has 0 aromatic carbocycles. The van der Waals surface area contributed by atoms with Crippen LogP contribution in [0, 0.1) is 11.3 Å². The molecular weight excluding hydrogens is 314 g/mol. The first-order chi connectivity index (χ1) is 11.9. The highest BCUT2D eigenvalue weighted by molar-refractivity contribution is 5.54. The van der Waals surface area contributed by atoms with Crippen molar-refractivity contribution in [3.8, 4) is 6.07 Å². The molecule has 6 nitrogen and oxygen atoms in total. The highest BCUT2D eigenvalue weighted by Crippen LogP contribution is 2.27. The van der Waals surface area contributed by atoms with Gasteiger partial charge in [-0.05, 0) is 31.0 Å². The Balaban J connectivity index is 1.90. The van der Waals surface area contributed by atoms with Gasteiger partial charge >= 0.3 is 0 Å². The molecule has 1 aliphatic heterocycles. The van der Waals surface area contributed by atoms with Crippen LogP contribution in [0.25, 0.3) is 0 Å². The minimum Gasteiger partial charge on any atom is -0.351 e. The van der Waals surface area contributed by atoms with Gasteiger partial charge in [0.05, 0.1) is 23.8 Å². The van der Waals surface area contributed by atoms with Gasteiger partial charge in [-0.25, -0.2) is 9.67 Å². The molecule has 1 unspecified atom stereocenters. The number of anilines is 1. The van der Waals surface area contributed by atoms with E-state index in [1.165, 1.54) is 0 Å². The van der Waals surface area contributed by atoms with Crippen LogP contribution in [0.1, 0.15) is 44.9 Å². The Labute approximate surface area is 147 Å². The smallest absolute Gasteiger partial charge is 0.266 e. The van der Waals surface area contributed by atoms with E-state index in [1.807, 2.05) is 0 Å². The Bertz CT molecular complexity index is 859. The van der Waals surface area contributed by atoms with Crippen molar-refractivity contribution in [1.29, 1.82) is 5.26 Å². The second-order valence-corrected chi connectivity index (χ2v) is 7.46. The number of pyridine rings is 1. The fraction of sp³-hybridized carbons (Fsp3) is 0.474. The van der Waals surface area contributed by atoms with Gasteiger partial charge in [0, 0.05) is 24.2 Å². The Morgan fingerprint density at radius 2 is 2.12 bits per heavy atom. The number of nitrogens with zero attached hydrogens (tertiary/aromatic N) is 5. The molecule has 1 fully saturated rings. The maximum atomic E-state index is 12.3. The van der Waals surface area contributed by atoms with Gasteiger partial charge in [-0.15, -0.1) is 0 Å². The lowest BCUT2D eigenvalue weighted by molar-refractivity contribution is 0.456. The third-order valence-electron chi connectivity index (χ3n) is 4.58. The average molecular weight is 337 g/mol. The number of rotatable bonds is 3. The molecule has 130 valence electrons. The van der Waals surface area contributed by atoms with Crippen LogP contribution < -0.4 is 10.5 Å². The largest absolute Gasteiger partial charge is 0.351 e. The average Bonchev–Trinajstić information content (AvgIpc) is 3.03. The molecule has 2 aromatic heterocycles.